The molecule has 0 atom stereocenters. The Morgan fingerprint density at radius 2 is 2.00 bits per heavy atom. The number of ether oxygens (including phenoxy) is 2. The molecular formula is C15H12BrFO3. The first-order chi connectivity index (χ1) is 9.67. The predicted molar refractivity (Wildman–Crippen MR) is 76.8 cm³/mol. The Hall–Kier alpha value is -1.88. The summed E-state index contributed by atoms with van der Waals surface area (Å²) in [5.41, 5.74) is 1.03. The molecule has 0 radical (unpaired) electrons. The van der Waals surface area contributed by atoms with Gasteiger partial charge in [-0.05, 0) is 34.1 Å². The van der Waals surface area contributed by atoms with Crippen LogP contribution < -0.4 is 9.47 Å². The fraction of sp³-hybridized carbons (Fsp3) is 0.133. The van der Waals surface area contributed by atoms with E-state index in [1.807, 2.05) is 0 Å². The number of carbonyl (C=O) groups is 1. The summed E-state index contributed by atoms with van der Waals surface area (Å²) in [6, 6.07) is 9.72. The second-order valence-electron chi connectivity index (χ2n) is 4.00. The van der Waals surface area contributed by atoms with E-state index < -0.39 is 0 Å². The Bertz CT molecular complexity index is 629. The summed E-state index contributed by atoms with van der Waals surface area (Å²) < 4.78 is 24.5. The van der Waals surface area contributed by atoms with Gasteiger partial charge in [-0.2, -0.15) is 0 Å². The van der Waals surface area contributed by atoms with Crippen LogP contribution in [0.15, 0.2) is 40.9 Å². The average Bonchev–Trinajstić information content (AvgIpc) is 2.48. The van der Waals surface area contributed by atoms with Gasteiger partial charge < -0.3 is 9.47 Å². The normalized spacial score (nSPS) is 10.2. The van der Waals surface area contributed by atoms with Crippen LogP contribution in [-0.2, 0) is 6.61 Å². The first-order valence-electron chi connectivity index (χ1n) is 5.85. The zero-order valence-corrected chi connectivity index (χ0v) is 12.3. The number of para-hydroxylation sites is 1. The van der Waals surface area contributed by atoms with Gasteiger partial charge in [0.1, 0.15) is 12.4 Å². The summed E-state index contributed by atoms with van der Waals surface area (Å²) in [6.45, 7) is 0.125. The van der Waals surface area contributed by atoms with Gasteiger partial charge in [0.15, 0.2) is 17.8 Å². The highest BCUT2D eigenvalue weighted by Gasteiger charge is 2.12. The van der Waals surface area contributed by atoms with E-state index >= 15 is 0 Å². The number of hydrogen-bond donors (Lipinski definition) is 0. The number of halogens is 2. The molecule has 0 saturated heterocycles. The van der Waals surface area contributed by atoms with Crippen LogP contribution in [0.4, 0.5) is 4.39 Å². The largest absolute Gasteiger partial charge is 0.493 e. The molecule has 0 N–H and O–H groups in total. The van der Waals surface area contributed by atoms with E-state index in [-0.39, 0.29) is 12.4 Å². The van der Waals surface area contributed by atoms with Crippen molar-refractivity contribution in [3.8, 4) is 11.5 Å². The van der Waals surface area contributed by atoms with Gasteiger partial charge in [-0.15, -0.1) is 0 Å². The molecule has 0 bridgehead atoms. The number of rotatable bonds is 5. The molecule has 0 spiro atoms. The molecule has 2 aromatic rings. The van der Waals surface area contributed by atoms with Crippen molar-refractivity contribution in [1.29, 1.82) is 0 Å². The molecule has 104 valence electrons. The van der Waals surface area contributed by atoms with Gasteiger partial charge in [-0.25, -0.2) is 4.39 Å². The van der Waals surface area contributed by atoms with Crippen LogP contribution in [-0.4, -0.2) is 13.4 Å². The quantitative estimate of drug-likeness (QED) is 0.773. The second kappa shape index (κ2) is 6.52. The molecule has 0 fully saturated rings. The standard InChI is InChI=1S/C15H12BrFO3/c1-19-13-7-3-4-10(8-18)15(13)20-9-11-5-2-6-12(17)14(11)16/h2-8H,9H2,1H3. The Kier molecular flexibility index (Phi) is 4.74. The van der Waals surface area contributed by atoms with Crippen molar-refractivity contribution in [3.63, 3.8) is 0 Å². The minimum atomic E-state index is -0.360. The maximum atomic E-state index is 13.4. The van der Waals surface area contributed by atoms with Crippen LogP contribution in [0.2, 0.25) is 0 Å². The summed E-state index contributed by atoms with van der Waals surface area (Å²) in [5.74, 6) is 0.449. The number of hydrogen-bond acceptors (Lipinski definition) is 3. The maximum absolute atomic E-state index is 13.4. The van der Waals surface area contributed by atoms with Crippen LogP contribution in [0.5, 0.6) is 11.5 Å². The molecule has 20 heavy (non-hydrogen) atoms. The molecule has 5 heteroatoms. The summed E-state index contributed by atoms with van der Waals surface area (Å²) >= 11 is 3.17. The number of aldehydes is 1. The maximum Gasteiger partial charge on any atom is 0.172 e. The molecule has 0 aliphatic heterocycles. The third kappa shape index (κ3) is 2.99. The molecule has 0 amide bonds. The summed E-state index contributed by atoms with van der Waals surface area (Å²) in [5, 5.41) is 0. The molecule has 0 aliphatic carbocycles. The lowest BCUT2D eigenvalue weighted by Crippen LogP contribution is -2.02. The van der Waals surface area contributed by atoms with Gasteiger partial charge in [0, 0.05) is 5.56 Å². The molecular weight excluding hydrogens is 327 g/mol. The second-order valence-corrected chi connectivity index (χ2v) is 4.79. The fourth-order valence-electron chi connectivity index (χ4n) is 1.75. The van der Waals surface area contributed by atoms with E-state index in [9.17, 15) is 9.18 Å². The zero-order chi connectivity index (χ0) is 14.5. The highest BCUT2D eigenvalue weighted by Crippen LogP contribution is 2.31. The van der Waals surface area contributed by atoms with Gasteiger partial charge >= 0.3 is 0 Å². The highest BCUT2D eigenvalue weighted by molar-refractivity contribution is 9.10. The number of benzene rings is 2. The third-order valence-corrected chi connectivity index (χ3v) is 3.65. The van der Waals surface area contributed by atoms with E-state index in [1.54, 1.807) is 30.3 Å². The predicted octanol–water partition coefficient (Wildman–Crippen LogP) is 3.99. The molecule has 0 aliphatic rings. The Balaban J connectivity index is 2.27. The van der Waals surface area contributed by atoms with Crippen LogP contribution in [0.25, 0.3) is 0 Å². The van der Waals surface area contributed by atoms with Crippen LogP contribution in [0.1, 0.15) is 15.9 Å². The lowest BCUT2D eigenvalue weighted by atomic mass is 10.2. The minimum absolute atomic E-state index is 0.125. The van der Waals surface area contributed by atoms with Crippen molar-refractivity contribution in [2.45, 2.75) is 6.61 Å². The molecule has 0 heterocycles. The number of methoxy groups -OCH3 is 1. The SMILES string of the molecule is COc1cccc(C=O)c1OCc1cccc(F)c1Br. The molecule has 0 aromatic heterocycles. The molecule has 2 rings (SSSR count). The summed E-state index contributed by atoms with van der Waals surface area (Å²) in [6.07, 6.45) is 0.693. The molecule has 0 saturated carbocycles. The van der Waals surface area contributed by atoms with Crippen LogP contribution in [0, 0.1) is 5.82 Å². The van der Waals surface area contributed by atoms with Gasteiger partial charge in [0.05, 0.1) is 17.1 Å². The van der Waals surface area contributed by atoms with Crippen molar-refractivity contribution in [2.75, 3.05) is 7.11 Å². The fourth-order valence-corrected chi connectivity index (χ4v) is 2.13. The van der Waals surface area contributed by atoms with Crippen molar-refractivity contribution in [1.82, 2.24) is 0 Å². The van der Waals surface area contributed by atoms with Gasteiger partial charge in [-0.1, -0.05) is 18.2 Å². The third-order valence-electron chi connectivity index (χ3n) is 2.76. The molecule has 3 nitrogen and oxygen atoms in total. The van der Waals surface area contributed by atoms with E-state index in [4.69, 9.17) is 9.47 Å². The zero-order valence-electron chi connectivity index (χ0n) is 10.7. The smallest absolute Gasteiger partial charge is 0.172 e. The van der Waals surface area contributed by atoms with Gasteiger partial charge in [-0.3, -0.25) is 4.79 Å². The monoisotopic (exact) mass is 338 g/mol. The first-order valence-corrected chi connectivity index (χ1v) is 6.64. The van der Waals surface area contributed by atoms with Crippen LogP contribution in [0.3, 0.4) is 0 Å². The summed E-state index contributed by atoms with van der Waals surface area (Å²) in [7, 11) is 1.49. The lowest BCUT2D eigenvalue weighted by molar-refractivity contribution is 0.111. The van der Waals surface area contributed by atoms with Crippen molar-refractivity contribution < 1.29 is 18.7 Å². The van der Waals surface area contributed by atoms with Gasteiger partial charge in [0.25, 0.3) is 0 Å². The average molecular weight is 339 g/mol. The Morgan fingerprint density at radius 3 is 2.70 bits per heavy atom. The van der Waals surface area contributed by atoms with Gasteiger partial charge in [0.2, 0.25) is 0 Å². The molecule has 0 unspecified atom stereocenters. The Morgan fingerprint density at radius 1 is 1.25 bits per heavy atom. The topological polar surface area (TPSA) is 35.5 Å². The van der Waals surface area contributed by atoms with Crippen molar-refractivity contribution in [2.24, 2.45) is 0 Å². The van der Waals surface area contributed by atoms with E-state index in [1.165, 1.54) is 13.2 Å². The van der Waals surface area contributed by atoms with E-state index in [2.05, 4.69) is 15.9 Å². The van der Waals surface area contributed by atoms with Crippen molar-refractivity contribution >= 4 is 22.2 Å². The minimum Gasteiger partial charge on any atom is -0.493 e. The first kappa shape index (κ1) is 14.5. The number of carbonyl (C=O) groups excluding carboxylic acids is 1. The van der Waals surface area contributed by atoms with Crippen molar-refractivity contribution in [3.05, 3.63) is 57.8 Å². The van der Waals surface area contributed by atoms with Crippen LogP contribution >= 0.6 is 15.9 Å². The lowest BCUT2D eigenvalue weighted by Gasteiger charge is -2.13. The van der Waals surface area contributed by atoms with E-state index in [0.717, 1.165) is 0 Å². The summed E-state index contributed by atoms with van der Waals surface area (Å²) in [4.78, 5) is 11.0. The highest BCUT2D eigenvalue weighted by atomic mass is 79.9. The van der Waals surface area contributed by atoms with E-state index in [0.29, 0.717) is 33.4 Å². The molecule has 2 aromatic carbocycles. The Labute approximate surface area is 124 Å².